The van der Waals surface area contributed by atoms with Crippen LogP contribution in [0.2, 0.25) is 0 Å². The largest absolute Gasteiger partial charge is 0.390 e. The van der Waals surface area contributed by atoms with Gasteiger partial charge in [-0.15, -0.1) is 0 Å². The molecule has 1 atom stereocenters. The monoisotopic (exact) mass is 288 g/mol. The number of hydrogen-bond donors (Lipinski definition) is 1. The second kappa shape index (κ2) is 5.75. The lowest BCUT2D eigenvalue weighted by atomic mass is 10.4. The third-order valence-corrected chi connectivity index (χ3v) is 5.16. The Balaban J connectivity index is 2.44. The molecule has 1 N–H and O–H groups in total. The molecule has 0 aromatic rings. The highest BCUT2D eigenvalue weighted by molar-refractivity contribution is 7.89. The van der Waals surface area contributed by atoms with Crippen molar-refractivity contribution in [2.24, 2.45) is 0 Å². The van der Waals surface area contributed by atoms with Gasteiger partial charge in [0.1, 0.15) is 0 Å². The molecular formula is C10H19F3N2O2S. The normalized spacial score (nSPS) is 19.2. The van der Waals surface area contributed by atoms with Gasteiger partial charge in [0.25, 0.3) is 0 Å². The Hall–Kier alpha value is -0.340. The molecule has 8 heteroatoms. The number of sulfonamides is 1. The highest BCUT2D eigenvalue weighted by Gasteiger charge is 2.32. The van der Waals surface area contributed by atoms with Crippen LogP contribution in [0.15, 0.2) is 0 Å². The number of halogens is 3. The van der Waals surface area contributed by atoms with E-state index in [1.54, 1.807) is 0 Å². The number of alkyl halides is 3. The van der Waals surface area contributed by atoms with Crippen molar-refractivity contribution >= 4 is 10.0 Å². The Morgan fingerprint density at radius 3 is 2.39 bits per heavy atom. The predicted octanol–water partition coefficient (Wildman–Crippen LogP) is 1.34. The molecule has 1 aliphatic rings. The molecule has 1 rings (SSSR count). The minimum atomic E-state index is -4.33. The molecule has 0 spiro atoms. The first-order valence-corrected chi connectivity index (χ1v) is 7.38. The Morgan fingerprint density at radius 1 is 1.39 bits per heavy atom. The summed E-state index contributed by atoms with van der Waals surface area (Å²) >= 11 is 0. The summed E-state index contributed by atoms with van der Waals surface area (Å²) in [5, 5.41) is 2.35. The van der Waals surface area contributed by atoms with Gasteiger partial charge in [-0.25, -0.2) is 12.7 Å². The number of rotatable bonds is 7. The standard InChI is InChI=1S/C10H19F3N2O2S/c1-8(7-14-9-3-4-9)18(16,17)15(2)6-5-10(11,12)13/h8-9,14H,3-7H2,1-2H3. The van der Waals surface area contributed by atoms with E-state index in [0.29, 0.717) is 6.04 Å². The first-order chi connectivity index (χ1) is 8.13. The first-order valence-electron chi connectivity index (χ1n) is 5.88. The van der Waals surface area contributed by atoms with Gasteiger partial charge >= 0.3 is 6.18 Å². The Labute approximate surface area is 106 Å². The molecule has 1 fully saturated rings. The van der Waals surface area contributed by atoms with Crippen LogP contribution in [0.1, 0.15) is 26.2 Å². The van der Waals surface area contributed by atoms with E-state index in [9.17, 15) is 21.6 Å². The van der Waals surface area contributed by atoms with Crippen LogP contribution in [-0.4, -0.2) is 50.3 Å². The molecule has 0 saturated heterocycles. The summed E-state index contributed by atoms with van der Waals surface area (Å²) < 4.78 is 60.7. The van der Waals surface area contributed by atoms with Crippen molar-refractivity contribution in [3.05, 3.63) is 0 Å². The van der Waals surface area contributed by atoms with Crippen molar-refractivity contribution in [1.82, 2.24) is 9.62 Å². The van der Waals surface area contributed by atoms with Crippen LogP contribution >= 0.6 is 0 Å². The molecule has 0 aromatic heterocycles. The average molecular weight is 288 g/mol. The second-order valence-electron chi connectivity index (χ2n) is 4.72. The van der Waals surface area contributed by atoms with Crippen molar-refractivity contribution in [3.63, 3.8) is 0 Å². The van der Waals surface area contributed by atoms with Crippen LogP contribution in [0.3, 0.4) is 0 Å². The van der Waals surface area contributed by atoms with Crippen LogP contribution in [0.25, 0.3) is 0 Å². The fourth-order valence-electron chi connectivity index (χ4n) is 1.44. The maximum Gasteiger partial charge on any atom is 0.390 e. The summed E-state index contributed by atoms with van der Waals surface area (Å²) in [5.74, 6) is 0. The quantitative estimate of drug-likeness (QED) is 0.769. The lowest BCUT2D eigenvalue weighted by molar-refractivity contribution is -0.135. The lowest BCUT2D eigenvalue weighted by Crippen LogP contribution is -2.41. The number of nitrogens with zero attached hydrogens (tertiary/aromatic N) is 1. The fraction of sp³-hybridized carbons (Fsp3) is 1.00. The molecule has 0 amide bonds. The molecule has 0 aliphatic heterocycles. The molecule has 108 valence electrons. The summed E-state index contributed by atoms with van der Waals surface area (Å²) in [6.45, 7) is 1.26. The second-order valence-corrected chi connectivity index (χ2v) is 7.18. The summed E-state index contributed by atoms with van der Waals surface area (Å²) in [6.07, 6.45) is -3.38. The Morgan fingerprint density at radius 2 is 1.94 bits per heavy atom. The van der Waals surface area contributed by atoms with E-state index in [0.717, 1.165) is 17.1 Å². The van der Waals surface area contributed by atoms with E-state index in [1.165, 1.54) is 14.0 Å². The first kappa shape index (κ1) is 15.7. The molecular weight excluding hydrogens is 269 g/mol. The zero-order chi connectivity index (χ0) is 14.0. The summed E-state index contributed by atoms with van der Waals surface area (Å²) in [4.78, 5) is 0. The van der Waals surface area contributed by atoms with Crippen molar-refractivity contribution in [2.75, 3.05) is 20.1 Å². The van der Waals surface area contributed by atoms with Gasteiger partial charge in [-0.1, -0.05) is 0 Å². The molecule has 1 aliphatic carbocycles. The van der Waals surface area contributed by atoms with Gasteiger partial charge in [-0.05, 0) is 19.8 Å². The highest BCUT2D eigenvalue weighted by Crippen LogP contribution is 2.21. The maximum absolute atomic E-state index is 12.0. The van der Waals surface area contributed by atoms with Crippen molar-refractivity contribution in [3.8, 4) is 0 Å². The number of hydrogen-bond acceptors (Lipinski definition) is 3. The third kappa shape index (κ3) is 5.11. The van der Waals surface area contributed by atoms with Crippen LogP contribution in [0.4, 0.5) is 13.2 Å². The van der Waals surface area contributed by atoms with Crippen LogP contribution in [0.5, 0.6) is 0 Å². The summed E-state index contributed by atoms with van der Waals surface area (Å²) in [6, 6.07) is 0.378. The van der Waals surface area contributed by atoms with Gasteiger partial charge in [0, 0.05) is 26.2 Å². The molecule has 0 radical (unpaired) electrons. The topological polar surface area (TPSA) is 49.4 Å². The van der Waals surface area contributed by atoms with E-state index in [4.69, 9.17) is 0 Å². The van der Waals surface area contributed by atoms with Gasteiger partial charge < -0.3 is 5.32 Å². The third-order valence-electron chi connectivity index (χ3n) is 2.92. The van der Waals surface area contributed by atoms with E-state index >= 15 is 0 Å². The molecule has 0 heterocycles. The van der Waals surface area contributed by atoms with E-state index < -0.39 is 34.4 Å². The van der Waals surface area contributed by atoms with Crippen molar-refractivity contribution in [1.29, 1.82) is 0 Å². The van der Waals surface area contributed by atoms with Gasteiger partial charge in [-0.3, -0.25) is 0 Å². The molecule has 18 heavy (non-hydrogen) atoms. The van der Waals surface area contributed by atoms with Crippen LogP contribution < -0.4 is 5.32 Å². The highest BCUT2D eigenvalue weighted by atomic mass is 32.2. The summed E-state index contributed by atoms with van der Waals surface area (Å²) in [5.41, 5.74) is 0. The van der Waals surface area contributed by atoms with E-state index in [2.05, 4.69) is 5.32 Å². The molecule has 0 aromatic carbocycles. The van der Waals surface area contributed by atoms with Gasteiger partial charge in [0.2, 0.25) is 10.0 Å². The molecule has 4 nitrogen and oxygen atoms in total. The van der Waals surface area contributed by atoms with Crippen LogP contribution in [0, 0.1) is 0 Å². The summed E-state index contributed by atoms with van der Waals surface area (Å²) in [7, 11) is -2.47. The lowest BCUT2D eigenvalue weighted by Gasteiger charge is -2.22. The minimum absolute atomic E-state index is 0.281. The van der Waals surface area contributed by atoms with Crippen LogP contribution in [-0.2, 0) is 10.0 Å². The molecule has 1 unspecified atom stereocenters. The minimum Gasteiger partial charge on any atom is -0.313 e. The van der Waals surface area contributed by atoms with Gasteiger partial charge in [0.05, 0.1) is 11.7 Å². The Kier molecular flexibility index (Phi) is 5.02. The van der Waals surface area contributed by atoms with E-state index in [1.807, 2.05) is 0 Å². The van der Waals surface area contributed by atoms with Crippen molar-refractivity contribution < 1.29 is 21.6 Å². The fourth-order valence-corrected chi connectivity index (χ4v) is 2.71. The van der Waals surface area contributed by atoms with Gasteiger partial charge in [0.15, 0.2) is 0 Å². The Bertz CT molecular complexity index is 366. The number of nitrogens with one attached hydrogen (secondary N) is 1. The zero-order valence-corrected chi connectivity index (χ0v) is 11.3. The SMILES string of the molecule is CC(CNC1CC1)S(=O)(=O)N(C)CCC(F)(F)F. The smallest absolute Gasteiger partial charge is 0.313 e. The van der Waals surface area contributed by atoms with Gasteiger partial charge in [-0.2, -0.15) is 13.2 Å². The van der Waals surface area contributed by atoms with E-state index in [-0.39, 0.29) is 6.54 Å². The average Bonchev–Trinajstić information content (AvgIpc) is 3.04. The maximum atomic E-state index is 12.0. The molecule has 1 saturated carbocycles. The zero-order valence-electron chi connectivity index (χ0n) is 10.5. The van der Waals surface area contributed by atoms with Crippen molar-refractivity contribution in [2.45, 2.75) is 43.7 Å². The predicted molar refractivity (Wildman–Crippen MR) is 62.7 cm³/mol. The molecule has 0 bridgehead atoms.